The number of pyridine rings is 1. The number of fused-ring (bicyclic) bond motifs is 3. The van der Waals surface area contributed by atoms with E-state index in [1.54, 1.807) is 0 Å². The Morgan fingerprint density at radius 1 is 1.25 bits per heavy atom. The molecule has 2 heteroatoms. The van der Waals surface area contributed by atoms with E-state index in [1.807, 2.05) is 12.3 Å². The summed E-state index contributed by atoms with van der Waals surface area (Å²) in [5.41, 5.74) is 3.71. The molecule has 3 heterocycles. The zero-order chi connectivity index (χ0) is 7.97. The molecule has 0 saturated heterocycles. The van der Waals surface area contributed by atoms with E-state index in [4.69, 9.17) is 0 Å². The summed E-state index contributed by atoms with van der Waals surface area (Å²) in [6.45, 7) is 0.978. The van der Waals surface area contributed by atoms with Gasteiger partial charge in [0.2, 0.25) is 0 Å². The second kappa shape index (κ2) is 1.97. The molecule has 3 rings (SSSR count). The first kappa shape index (κ1) is 6.00. The minimum atomic E-state index is 0.978. The van der Waals surface area contributed by atoms with Crippen molar-refractivity contribution in [3.63, 3.8) is 0 Å². The highest BCUT2D eigenvalue weighted by Crippen LogP contribution is 2.29. The van der Waals surface area contributed by atoms with E-state index in [-0.39, 0.29) is 0 Å². The first-order valence-corrected chi connectivity index (χ1v) is 4.04. The lowest BCUT2D eigenvalue weighted by Crippen LogP contribution is -1.88. The molecule has 0 amide bonds. The Bertz CT molecular complexity index is 429. The smallest absolute Gasteiger partial charge is 0.0916 e. The van der Waals surface area contributed by atoms with Gasteiger partial charge in [0.15, 0.2) is 0 Å². The Hall–Kier alpha value is -1.57. The fourth-order valence-electron chi connectivity index (χ4n) is 1.75. The summed E-state index contributed by atoms with van der Waals surface area (Å²) < 4.78 is 2.22. The lowest BCUT2D eigenvalue weighted by molar-refractivity contribution is 0.853. The Kier molecular flexibility index (Phi) is 0.987. The molecule has 0 fully saturated rings. The lowest BCUT2D eigenvalue weighted by atomic mass is 10.2. The first-order chi connectivity index (χ1) is 5.95. The first-order valence-electron chi connectivity index (χ1n) is 4.04. The van der Waals surface area contributed by atoms with Crippen LogP contribution in [0.1, 0.15) is 5.56 Å². The van der Waals surface area contributed by atoms with E-state index in [0.717, 1.165) is 12.2 Å². The van der Waals surface area contributed by atoms with Crippen molar-refractivity contribution in [1.82, 2.24) is 9.55 Å². The van der Waals surface area contributed by atoms with Crippen LogP contribution >= 0.6 is 0 Å². The fourth-order valence-corrected chi connectivity index (χ4v) is 1.75. The second-order valence-electron chi connectivity index (χ2n) is 3.03. The monoisotopic (exact) mass is 156 g/mol. The van der Waals surface area contributed by atoms with Crippen LogP contribution in [0.4, 0.5) is 0 Å². The topological polar surface area (TPSA) is 17.8 Å². The number of rotatable bonds is 0. The molecule has 2 nitrogen and oxygen atoms in total. The van der Waals surface area contributed by atoms with E-state index in [1.165, 1.54) is 11.3 Å². The third-order valence-electron chi connectivity index (χ3n) is 2.30. The van der Waals surface area contributed by atoms with Gasteiger partial charge in [-0.05, 0) is 23.8 Å². The van der Waals surface area contributed by atoms with Crippen LogP contribution in [-0.2, 0) is 6.54 Å². The van der Waals surface area contributed by atoms with Crippen molar-refractivity contribution in [2.75, 3.05) is 0 Å². The lowest BCUT2D eigenvalue weighted by Gasteiger charge is -1.93. The summed E-state index contributed by atoms with van der Waals surface area (Å²) in [6.07, 6.45) is 3.94. The van der Waals surface area contributed by atoms with Gasteiger partial charge in [0.1, 0.15) is 0 Å². The van der Waals surface area contributed by atoms with Gasteiger partial charge in [0.05, 0.1) is 11.4 Å². The Morgan fingerprint density at radius 2 is 2.25 bits per heavy atom. The Balaban J connectivity index is 2.34. The fraction of sp³-hybridized carbons (Fsp3) is 0.100. The number of hydrogen-bond acceptors (Lipinski definition) is 1. The van der Waals surface area contributed by atoms with E-state index < -0.39 is 0 Å². The molecule has 58 valence electrons. The molecule has 0 radical (unpaired) electrons. The molecule has 0 saturated carbocycles. The molecule has 0 atom stereocenters. The highest BCUT2D eigenvalue weighted by atomic mass is 15.0. The van der Waals surface area contributed by atoms with Crippen LogP contribution in [0.25, 0.3) is 11.4 Å². The van der Waals surface area contributed by atoms with Crippen molar-refractivity contribution in [3.05, 3.63) is 42.2 Å². The molecule has 0 aliphatic carbocycles. The van der Waals surface area contributed by atoms with E-state index >= 15 is 0 Å². The van der Waals surface area contributed by atoms with Crippen LogP contribution in [0, 0.1) is 0 Å². The third-order valence-corrected chi connectivity index (χ3v) is 2.30. The normalized spacial score (nSPS) is 12.7. The third kappa shape index (κ3) is 0.619. The largest absolute Gasteiger partial charge is 0.342 e. The van der Waals surface area contributed by atoms with Gasteiger partial charge in [-0.15, -0.1) is 0 Å². The van der Waals surface area contributed by atoms with Crippen LogP contribution in [0.15, 0.2) is 36.7 Å². The molecule has 2 aromatic heterocycles. The Labute approximate surface area is 70.5 Å². The minimum Gasteiger partial charge on any atom is -0.342 e. The van der Waals surface area contributed by atoms with Crippen LogP contribution in [0.3, 0.4) is 0 Å². The van der Waals surface area contributed by atoms with E-state index in [2.05, 4.69) is 33.9 Å². The van der Waals surface area contributed by atoms with Crippen molar-refractivity contribution < 1.29 is 0 Å². The average molecular weight is 156 g/mol. The molecule has 0 aromatic carbocycles. The van der Waals surface area contributed by atoms with Gasteiger partial charge in [0, 0.05) is 18.9 Å². The van der Waals surface area contributed by atoms with Crippen molar-refractivity contribution in [2.45, 2.75) is 6.54 Å². The zero-order valence-corrected chi connectivity index (χ0v) is 6.57. The van der Waals surface area contributed by atoms with E-state index in [0.29, 0.717) is 0 Å². The molecule has 1 aliphatic rings. The molecule has 0 unspecified atom stereocenters. The summed E-state index contributed by atoms with van der Waals surface area (Å²) in [7, 11) is 0. The zero-order valence-electron chi connectivity index (χ0n) is 6.57. The van der Waals surface area contributed by atoms with Crippen molar-refractivity contribution in [2.24, 2.45) is 0 Å². The number of nitrogens with zero attached hydrogens (tertiary/aromatic N) is 2. The molecular formula is C10H8N2. The molecule has 12 heavy (non-hydrogen) atoms. The summed E-state index contributed by atoms with van der Waals surface area (Å²) in [5, 5.41) is 0. The molecular weight excluding hydrogens is 148 g/mol. The molecule has 1 aliphatic heterocycles. The van der Waals surface area contributed by atoms with Crippen LogP contribution in [0.2, 0.25) is 0 Å². The maximum absolute atomic E-state index is 4.35. The predicted molar refractivity (Wildman–Crippen MR) is 46.8 cm³/mol. The summed E-state index contributed by atoms with van der Waals surface area (Å²) in [6, 6.07) is 8.30. The van der Waals surface area contributed by atoms with E-state index in [9.17, 15) is 0 Å². The maximum atomic E-state index is 4.35. The van der Waals surface area contributed by atoms with Gasteiger partial charge < -0.3 is 4.57 Å². The maximum Gasteiger partial charge on any atom is 0.0916 e. The van der Waals surface area contributed by atoms with Crippen LogP contribution in [0.5, 0.6) is 0 Å². The second-order valence-corrected chi connectivity index (χ2v) is 3.03. The van der Waals surface area contributed by atoms with Gasteiger partial charge in [-0.1, -0.05) is 6.07 Å². The van der Waals surface area contributed by atoms with Crippen LogP contribution < -0.4 is 0 Å². The van der Waals surface area contributed by atoms with Gasteiger partial charge in [-0.3, -0.25) is 4.98 Å². The summed E-state index contributed by atoms with van der Waals surface area (Å²) in [5.74, 6) is 0. The average Bonchev–Trinajstić information content (AvgIpc) is 2.62. The van der Waals surface area contributed by atoms with Crippen molar-refractivity contribution >= 4 is 0 Å². The molecule has 0 bridgehead atoms. The Morgan fingerprint density at radius 3 is 3.25 bits per heavy atom. The molecule has 0 N–H and O–H groups in total. The summed E-state index contributed by atoms with van der Waals surface area (Å²) >= 11 is 0. The van der Waals surface area contributed by atoms with Crippen molar-refractivity contribution in [1.29, 1.82) is 0 Å². The molecule has 2 aromatic rings. The standard InChI is InChI=1S/C10H8N2/c1-3-8-7-12-6-2-4-9(12)10(8)11-5-1/h1-6H,7H2. The van der Waals surface area contributed by atoms with Gasteiger partial charge in [0.25, 0.3) is 0 Å². The predicted octanol–water partition coefficient (Wildman–Crippen LogP) is 1.91. The SMILES string of the molecule is c1cnc2c(c1)Cn1cccc1-2. The molecule has 0 spiro atoms. The highest BCUT2D eigenvalue weighted by molar-refractivity contribution is 5.63. The van der Waals surface area contributed by atoms with Gasteiger partial charge in [-0.2, -0.15) is 0 Å². The van der Waals surface area contributed by atoms with Crippen LogP contribution in [-0.4, -0.2) is 9.55 Å². The quantitative estimate of drug-likeness (QED) is 0.486. The minimum absolute atomic E-state index is 0.978. The van der Waals surface area contributed by atoms with Gasteiger partial charge in [-0.25, -0.2) is 0 Å². The number of hydrogen-bond donors (Lipinski definition) is 0. The highest BCUT2D eigenvalue weighted by Gasteiger charge is 2.16. The number of aromatic nitrogens is 2. The van der Waals surface area contributed by atoms with Gasteiger partial charge >= 0.3 is 0 Å². The van der Waals surface area contributed by atoms with Crippen molar-refractivity contribution in [3.8, 4) is 11.4 Å². The summed E-state index contributed by atoms with van der Waals surface area (Å²) in [4.78, 5) is 4.35.